The Balaban J connectivity index is 1.64. The van der Waals surface area contributed by atoms with Crippen molar-refractivity contribution >= 4 is 5.82 Å². The molecule has 0 unspecified atom stereocenters. The molecule has 0 spiro atoms. The Morgan fingerprint density at radius 2 is 1.90 bits per heavy atom. The smallest absolute Gasteiger partial charge is 0.129 e. The molecule has 1 saturated carbocycles. The highest BCUT2D eigenvalue weighted by Gasteiger charge is 2.31. The molecule has 0 amide bonds. The first-order valence-electron chi connectivity index (χ1n) is 8.32. The van der Waals surface area contributed by atoms with Gasteiger partial charge in [0.15, 0.2) is 0 Å². The topological polar surface area (TPSA) is 31.4 Å². The Bertz CT molecular complexity index is 474. The summed E-state index contributed by atoms with van der Waals surface area (Å²) in [5, 5.41) is 3.49. The predicted octanol–water partition coefficient (Wildman–Crippen LogP) is 2.17. The van der Waals surface area contributed by atoms with E-state index in [0.29, 0.717) is 6.04 Å². The zero-order chi connectivity index (χ0) is 14.8. The van der Waals surface area contributed by atoms with Gasteiger partial charge >= 0.3 is 0 Å². The second-order valence-electron chi connectivity index (χ2n) is 6.76. The Hall–Kier alpha value is -1.13. The highest BCUT2D eigenvalue weighted by Crippen LogP contribution is 2.28. The number of nitrogens with zero attached hydrogens (tertiary/aromatic N) is 3. The summed E-state index contributed by atoms with van der Waals surface area (Å²) < 4.78 is 0. The maximum Gasteiger partial charge on any atom is 0.129 e. The number of rotatable bonds is 5. The number of piperazine rings is 1. The van der Waals surface area contributed by atoms with Crippen LogP contribution in [0.5, 0.6) is 0 Å². The van der Waals surface area contributed by atoms with Gasteiger partial charge in [-0.25, -0.2) is 4.98 Å². The summed E-state index contributed by atoms with van der Waals surface area (Å²) in [6, 6.07) is 5.86. The monoisotopic (exact) mass is 288 g/mol. The minimum absolute atomic E-state index is 0.518. The van der Waals surface area contributed by atoms with Crippen LogP contribution in [0.25, 0.3) is 0 Å². The molecule has 1 saturated heterocycles. The van der Waals surface area contributed by atoms with E-state index in [0.717, 1.165) is 37.2 Å². The fraction of sp³-hybridized carbons (Fsp3) is 0.706. The summed E-state index contributed by atoms with van der Waals surface area (Å²) in [6.45, 7) is 12.0. The predicted molar refractivity (Wildman–Crippen MR) is 87.8 cm³/mol. The average molecular weight is 288 g/mol. The molecule has 0 bridgehead atoms. The van der Waals surface area contributed by atoms with Gasteiger partial charge in [0, 0.05) is 50.5 Å². The van der Waals surface area contributed by atoms with Crippen LogP contribution in [0, 0.1) is 6.92 Å². The summed E-state index contributed by atoms with van der Waals surface area (Å²) in [4.78, 5) is 9.85. The van der Waals surface area contributed by atoms with Crippen LogP contribution in [0.3, 0.4) is 0 Å². The molecule has 1 aromatic heterocycles. The molecule has 1 N–H and O–H groups in total. The van der Waals surface area contributed by atoms with E-state index in [2.05, 4.69) is 48.0 Å². The second kappa shape index (κ2) is 6.32. The van der Waals surface area contributed by atoms with Crippen molar-refractivity contribution in [3.63, 3.8) is 0 Å². The molecular weight excluding hydrogens is 260 g/mol. The summed E-state index contributed by atoms with van der Waals surface area (Å²) in [5.74, 6) is 1.16. The molecule has 1 aliphatic heterocycles. The van der Waals surface area contributed by atoms with E-state index in [4.69, 9.17) is 4.98 Å². The molecule has 4 nitrogen and oxygen atoms in total. The van der Waals surface area contributed by atoms with Crippen molar-refractivity contribution in [2.75, 3.05) is 31.1 Å². The van der Waals surface area contributed by atoms with E-state index < -0.39 is 0 Å². The Morgan fingerprint density at radius 1 is 1.19 bits per heavy atom. The van der Waals surface area contributed by atoms with Crippen molar-refractivity contribution in [2.45, 2.75) is 52.2 Å². The normalized spacial score (nSPS) is 20.3. The Labute approximate surface area is 128 Å². The molecule has 3 rings (SSSR count). The highest BCUT2D eigenvalue weighted by molar-refractivity contribution is 5.43. The van der Waals surface area contributed by atoms with Crippen LogP contribution < -0.4 is 10.2 Å². The number of aromatic nitrogens is 1. The third kappa shape index (κ3) is 3.95. The van der Waals surface area contributed by atoms with Gasteiger partial charge in [0.25, 0.3) is 0 Å². The largest absolute Gasteiger partial charge is 0.354 e. The van der Waals surface area contributed by atoms with E-state index in [1.54, 1.807) is 0 Å². The second-order valence-corrected chi connectivity index (χ2v) is 6.76. The third-order valence-corrected chi connectivity index (χ3v) is 4.42. The minimum atomic E-state index is 0.518. The van der Waals surface area contributed by atoms with Gasteiger partial charge in [-0.1, -0.05) is 13.8 Å². The van der Waals surface area contributed by atoms with Crippen LogP contribution in [0.4, 0.5) is 5.82 Å². The summed E-state index contributed by atoms with van der Waals surface area (Å²) in [6.07, 6.45) is 2.82. The van der Waals surface area contributed by atoms with Crippen LogP contribution in [0.15, 0.2) is 12.1 Å². The average Bonchev–Trinajstić information content (AvgIpc) is 3.29. The number of nitrogens with one attached hydrogen (secondary N) is 1. The van der Waals surface area contributed by atoms with Gasteiger partial charge in [0.1, 0.15) is 5.82 Å². The molecule has 2 aliphatic rings. The number of pyridine rings is 1. The first-order chi connectivity index (χ1) is 10.1. The Kier molecular flexibility index (Phi) is 4.45. The van der Waals surface area contributed by atoms with Crippen molar-refractivity contribution in [1.29, 1.82) is 0 Å². The molecule has 0 aromatic carbocycles. The summed E-state index contributed by atoms with van der Waals surface area (Å²) in [5.41, 5.74) is 2.47. The van der Waals surface area contributed by atoms with Crippen molar-refractivity contribution in [1.82, 2.24) is 15.2 Å². The van der Waals surface area contributed by atoms with Gasteiger partial charge in [-0.3, -0.25) is 4.90 Å². The lowest BCUT2D eigenvalue weighted by Gasteiger charge is -2.35. The van der Waals surface area contributed by atoms with E-state index in [9.17, 15) is 0 Å². The number of hydrogen-bond acceptors (Lipinski definition) is 4. The standard InChI is InChI=1S/C17H28N4/c1-13(2)18-12-15-10-14(3)19-17(11-15)21-8-6-20(7-9-21)16-4-5-16/h10-11,13,16,18H,4-9,12H2,1-3H3. The molecule has 0 atom stereocenters. The van der Waals surface area contributed by atoms with Crippen molar-refractivity contribution < 1.29 is 0 Å². The zero-order valence-electron chi connectivity index (χ0n) is 13.6. The maximum atomic E-state index is 4.75. The fourth-order valence-electron chi connectivity index (χ4n) is 3.06. The van der Waals surface area contributed by atoms with Gasteiger partial charge in [-0.15, -0.1) is 0 Å². The minimum Gasteiger partial charge on any atom is -0.354 e. The van der Waals surface area contributed by atoms with Crippen LogP contribution in [-0.4, -0.2) is 48.1 Å². The lowest BCUT2D eigenvalue weighted by atomic mass is 10.2. The number of aryl methyl sites for hydroxylation is 1. The molecule has 21 heavy (non-hydrogen) atoms. The lowest BCUT2D eigenvalue weighted by Crippen LogP contribution is -2.47. The van der Waals surface area contributed by atoms with Gasteiger partial charge in [0.05, 0.1) is 0 Å². The van der Waals surface area contributed by atoms with Gasteiger partial charge < -0.3 is 10.2 Å². The number of anilines is 1. The third-order valence-electron chi connectivity index (χ3n) is 4.42. The molecule has 1 aliphatic carbocycles. The van der Waals surface area contributed by atoms with Crippen LogP contribution in [0.2, 0.25) is 0 Å². The first kappa shape index (κ1) is 14.8. The van der Waals surface area contributed by atoms with Gasteiger partial charge in [-0.05, 0) is 37.5 Å². The van der Waals surface area contributed by atoms with E-state index in [-0.39, 0.29) is 0 Å². The van der Waals surface area contributed by atoms with E-state index in [1.165, 1.54) is 31.5 Å². The molecule has 1 aromatic rings. The first-order valence-corrected chi connectivity index (χ1v) is 8.32. The molecule has 2 fully saturated rings. The zero-order valence-corrected chi connectivity index (χ0v) is 13.6. The van der Waals surface area contributed by atoms with Crippen LogP contribution in [-0.2, 0) is 6.54 Å². The molecule has 116 valence electrons. The van der Waals surface area contributed by atoms with E-state index >= 15 is 0 Å². The summed E-state index contributed by atoms with van der Waals surface area (Å²) in [7, 11) is 0. The van der Waals surface area contributed by atoms with Crippen LogP contribution >= 0.6 is 0 Å². The molecule has 0 radical (unpaired) electrons. The van der Waals surface area contributed by atoms with Crippen molar-refractivity contribution in [3.05, 3.63) is 23.4 Å². The van der Waals surface area contributed by atoms with Gasteiger partial charge in [-0.2, -0.15) is 0 Å². The fourth-order valence-corrected chi connectivity index (χ4v) is 3.06. The van der Waals surface area contributed by atoms with E-state index in [1.807, 2.05) is 0 Å². The molecular formula is C17H28N4. The Morgan fingerprint density at radius 3 is 2.52 bits per heavy atom. The van der Waals surface area contributed by atoms with Crippen LogP contribution in [0.1, 0.15) is 37.9 Å². The van der Waals surface area contributed by atoms with Crippen molar-refractivity contribution in [2.24, 2.45) is 0 Å². The van der Waals surface area contributed by atoms with Gasteiger partial charge in [0.2, 0.25) is 0 Å². The molecule has 2 heterocycles. The maximum absolute atomic E-state index is 4.75. The lowest BCUT2D eigenvalue weighted by molar-refractivity contribution is 0.247. The highest BCUT2D eigenvalue weighted by atomic mass is 15.3. The summed E-state index contributed by atoms with van der Waals surface area (Å²) >= 11 is 0. The molecule has 4 heteroatoms. The van der Waals surface area contributed by atoms with Crippen molar-refractivity contribution in [3.8, 4) is 0 Å². The quantitative estimate of drug-likeness (QED) is 0.900. The number of hydrogen-bond donors (Lipinski definition) is 1. The SMILES string of the molecule is Cc1cc(CNC(C)C)cc(N2CCN(C3CC3)CC2)n1.